The standard InChI is InChI=1S/C27H29FN2O4/c1-15-25-23(9-7-20-6-5-17(14-30-20)16-3-2-4-19(28)11-16)22-10-8-21(34-27(29)32)12-18(22)13-24(25)26(31)33-15/h2-7,9,11,14-15,18,21-25H,8,10,12-13H2,1H3,(H2,29,32)/t15-,18+,21-,22-,23+,24-,25+/m1/s1. The maximum Gasteiger partial charge on any atom is 0.404 e. The van der Waals surface area contributed by atoms with E-state index in [2.05, 4.69) is 11.1 Å². The molecule has 2 aromatic rings. The summed E-state index contributed by atoms with van der Waals surface area (Å²) in [5.74, 6) is 0.422. The molecule has 0 spiro atoms. The first-order valence-corrected chi connectivity index (χ1v) is 12.0. The molecule has 6 nitrogen and oxygen atoms in total. The number of nitrogens with two attached hydrogens (primary N) is 1. The number of carbonyl (C=O) groups is 2. The summed E-state index contributed by atoms with van der Waals surface area (Å²) in [5, 5.41) is 0. The van der Waals surface area contributed by atoms with Crippen molar-refractivity contribution in [2.24, 2.45) is 35.3 Å². The fraction of sp³-hybridized carbons (Fsp3) is 0.444. The molecule has 2 heterocycles. The van der Waals surface area contributed by atoms with Gasteiger partial charge in [-0.3, -0.25) is 9.78 Å². The Balaban J connectivity index is 1.37. The Morgan fingerprint density at radius 1 is 1.21 bits per heavy atom. The molecule has 7 heteroatoms. The molecule has 1 aliphatic heterocycles. The summed E-state index contributed by atoms with van der Waals surface area (Å²) in [6.07, 6.45) is 8.07. The summed E-state index contributed by atoms with van der Waals surface area (Å²) in [7, 11) is 0. The van der Waals surface area contributed by atoms with Crippen LogP contribution in [0.25, 0.3) is 17.2 Å². The molecule has 2 N–H and O–H groups in total. The van der Waals surface area contributed by atoms with Crippen LogP contribution in [0.3, 0.4) is 0 Å². The van der Waals surface area contributed by atoms with Gasteiger partial charge in [0.25, 0.3) is 0 Å². The highest BCUT2D eigenvalue weighted by Crippen LogP contribution is 2.53. The number of amides is 1. The minimum Gasteiger partial charge on any atom is -0.462 e. The number of nitrogens with zero attached hydrogens (tertiary/aromatic N) is 1. The molecular weight excluding hydrogens is 435 g/mol. The van der Waals surface area contributed by atoms with Gasteiger partial charge in [-0.25, -0.2) is 9.18 Å². The summed E-state index contributed by atoms with van der Waals surface area (Å²) >= 11 is 0. The van der Waals surface area contributed by atoms with Gasteiger partial charge in [-0.2, -0.15) is 0 Å². The number of aromatic nitrogens is 1. The van der Waals surface area contributed by atoms with Gasteiger partial charge >= 0.3 is 12.1 Å². The minimum atomic E-state index is -0.741. The molecule has 1 aromatic carbocycles. The highest BCUT2D eigenvalue weighted by atomic mass is 19.1. The molecular formula is C27H29FN2O4. The van der Waals surface area contributed by atoms with Crippen molar-refractivity contribution in [1.82, 2.24) is 4.98 Å². The zero-order chi connectivity index (χ0) is 23.8. The number of primary amides is 1. The van der Waals surface area contributed by atoms with E-state index in [4.69, 9.17) is 15.2 Å². The van der Waals surface area contributed by atoms with Crippen LogP contribution in [0.4, 0.5) is 9.18 Å². The number of carbonyl (C=O) groups excluding carboxylic acids is 2. The van der Waals surface area contributed by atoms with Crippen LogP contribution in [0, 0.1) is 35.4 Å². The van der Waals surface area contributed by atoms with Gasteiger partial charge in [-0.1, -0.05) is 24.3 Å². The third kappa shape index (κ3) is 4.43. The number of cyclic esters (lactones) is 1. The largest absolute Gasteiger partial charge is 0.462 e. The molecule has 3 fully saturated rings. The van der Waals surface area contributed by atoms with E-state index >= 15 is 0 Å². The highest BCUT2D eigenvalue weighted by molar-refractivity contribution is 5.75. The van der Waals surface area contributed by atoms with Gasteiger partial charge in [-0.05, 0) is 80.2 Å². The fourth-order valence-electron chi connectivity index (χ4n) is 6.40. The average Bonchev–Trinajstić information content (AvgIpc) is 3.09. The Morgan fingerprint density at radius 2 is 2.06 bits per heavy atom. The number of allylic oxidation sites excluding steroid dienone is 1. The van der Waals surface area contributed by atoms with Crippen LogP contribution in [-0.2, 0) is 14.3 Å². The molecule has 0 unspecified atom stereocenters. The summed E-state index contributed by atoms with van der Waals surface area (Å²) in [6.45, 7) is 1.98. The Morgan fingerprint density at radius 3 is 2.79 bits per heavy atom. The molecule has 1 aromatic heterocycles. The summed E-state index contributed by atoms with van der Waals surface area (Å²) in [4.78, 5) is 28.4. The zero-order valence-corrected chi connectivity index (χ0v) is 19.1. The average molecular weight is 465 g/mol. The molecule has 0 bridgehead atoms. The Kier molecular flexibility index (Phi) is 6.11. The number of hydrogen-bond acceptors (Lipinski definition) is 5. The molecule has 0 radical (unpaired) electrons. The van der Waals surface area contributed by atoms with Crippen molar-refractivity contribution in [3.8, 4) is 11.1 Å². The van der Waals surface area contributed by atoms with Gasteiger partial charge < -0.3 is 15.2 Å². The molecule has 1 amide bonds. The van der Waals surface area contributed by atoms with Crippen LogP contribution in [0.1, 0.15) is 38.3 Å². The molecule has 34 heavy (non-hydrogen) atoms. The van der Waals surface area contributed by atoms with Gasteiger partial charge in [0.1, 0.15) is 18.0 Å². The summed E-state index contributed by atoms with van der Waals surface area (Å²) < 4.78 is 24.5. The lowest BCUT2D eigenvalue weighted by atomic mass is 9.57. The topological polar surface area (TPSA) is 91.5 Å². The molecule has 2 saturated carbocycles. The number of halogens is 1. The van der Waals surface area contributed by atoms with E-state index in [-0.39, 0.29) is 47.7 Å². The molecule has 1 saturated heterocycles. The van der Waals surface area contributed by atoms with Crippen molar-refractivity contribution in [1.29, 1.82) is 0 Å². The maximum absolute atomic E-state index is 13.6. The van der Waals surface area contributed by atoms with Crippen LogP contribution in [0.15, 0.2) is 48.7 Å². The number of fused-ring (bicyclic) bond motifs is 2. The van der Waals surface area contributed by atoms with E-state index in [0.717, 1.165) is 42.5 Å². The van der Waals surface area contributed by atoms with Crippen LogP contribution in [0.5, 0.6) is 0 Å². The van der Waals surface area contributed by atoms with Crippen molar-refractivity contribution in [3.63, 3.8) is 0 Å². The van der Waals surface area contributed by atoms with Gasteiger partial charge in [0.15, 0.2) is 0 Å². The Hall–Kier alpha value is -3.22. The summed E-state index contributed by atoms with van der Waals surface area (Å²) in [5.41, 5.74) is 7.68. The Bertz CT molecular complexity index is 1100. The van der Waals surface area contributed by atoms with Crippen molar-refractivity contribution in [2.75, 3.05) is 0 Å². The van der Waals surface area contributed by atoms with Crippen molar-refractivity contribution in [3.05, 3.63) is 60.2 Å². The first kappa shape index (κ1) is 22.6. The molecule has 178 valence electrons. The second-order valence-corrected chi connectivity index (χ2v) is 9.78. The third-order valence-corrected chi connectivity index (χ3v) is 7.82. The van der Waals surface area contributed by atoms with E-state index in [0.29, 0.717) is 5.92 Å². The number of ether oxygens (including phenoxy) is 2. The van der Waals surface area contributed by atoms with Gasteiger partial charge in [0.2, 0.25) is 0 Å². The zero-order valence-electron chi connectivity index (χ0n) is 19.1. The lowest BCUT2D eigenvalue weighted by Gasteiger charge is -2.47. The van der Waals surface area contributed by atoms with Crippen LogP contribution >= 0.6 is 0 Å². The minimum absolute atomic E-state index is 0.120. The number of pyridine rings is 1. The van der Waals surface area contributed by atoms with E-state index < -0.39 is 6.09 Å². The number of benzene rings is 1. The van der Waals surface area contributed by atoms with E-state index in [9.17, 15) is 14.0 Å². The SMILES string of the molecule is C[C@H]1OC(=O)[C@@H]2C[C@@H]3C[C@H](OC(N)=O)CC[C@H]3[C@H](C=Cc3ccc(-c4cccc(F)c4)cn3)[C@H]12. The second-order valence-electron chi connectivity index (χ2n) is 9.78. The van der Waals surface area contributed by atoms with E-state index in [1.54, 1.807) is 12.3 Å². The summed E-state index contributed by atoms with van der Waals surface area (Å²) in [6, 6.07) is 10.3. The van der Waals surface area contributed by atoms with Gasteiger partial charge in [-0.15, -0.1) is 0 Å². The van der Waals surface area contributed by atoms with Gasteiger partial charge in [0, 0.05) is 17.7 Å². The van der Waals surface area contributed by atoms with Crippen LogP contribution < -0.4 is 5.73 Å². The molecule has 2 aliphatic carbocycles. The second kappa shape index (κ2) is 9.20. The Labute approximate surface area is 198 Å². The van der Waals surface area contributed by atoms with Gasteiger partial charge in [0.05, 0.1) is 11.6 Å². The van der Waals surface area contributed by atoms with Crippen molar-refractivity contribution in [2.45, 2.75) is 44.8 Å². The van der Waals surface area contributed by atoms with Crippen LogP contribution in [0.2, 0.25) is 0 Å². The fourth-order valence-corrected chi connectivity index (χ4v) is 6.40. The highest BCUT2D eigenvalue weighted by Gasteiger charge is 2.54. The van der Waals surface area contributed by atoms with Crippen molar-refractivity contribution < 1.29 is 23.5 Å². The quantitative estimate of drug-likeness (QED) is 0.645. The lowest BCUT2D eigenvalue weighted by Crippen LogP contribution is -2.45. The predicted octanol–water partition coefficient (Wildman–Crippen LogP) is 4.98. The third-order valence-electron chi connectivity index (χ3n) is 7.82. The van der Waals surface area contributed by atoms with Crippen molar-refractivity contribution >= 4 is 18.1 Å². The molecule has 7 atom stereocenters. The van der Waals surface area contributed by atoms with E-state index in [1.807, 2.05) is 31.2 Å². The number of hydrogen-bond donors (Lipinski definition) is 1. The molecule has 5 rings (SSSR count). The van der Waals surface area contributed by atoms with E-state index in [1.165, 1.54) is 12.1 Å². The first-order chi connectivity index (χ1) is 16.4. The van der Waals surface area contributed by atoms with Crippen LogP contribution in [-0.4, -0.2) is 29.3 Å². The lowest BCUT2D eigenvalue weighted by molar-refractivity contribution is -0.144. The normalized spacial score (nSPS) is 32.6. The maximum atomic E-state index is 13.6. The smallest absolute Gasteiger partial charge is 0.404 e. The molecule has 3 aliphatic rings. The monoisotopic (exact) mass is 464 g/mol. The predicted molar refractivity (Wildman–Crippen MR) is 125 cm³/mol. The first-order valence-electron chi connectivity index (χ1n) is 12.0. The number of esters is 1. The number of rotatable bonds is 4.